The van der Waals surface area contributed by atoms with Gasteiger partial charge in [0.05, 0.1) is 12.2 Å². The third-order valence-electron chi connectivity index (χ3n) is 2.32. The molecule has 1 aromatic rings. The largest absolute Gasteiger partial charge is 0.478 e. The first-order valence-corrected chi connectivity index (χ1v) is 4.79. The summed E-state index contributed by atoms with van der Waals surface area (Å²) in [7, 11) is 0. The molecule has 0 aliphatic carbocycles. The molecule has 17 heavy (non-hydrogen) atoms. The lowest BCUT2D eigenvalue weighted by molar-refractivity contribution is -0.177. The second-order valence-corrected chi connectivity index (χ2v) is 3.61. The number of ketones is 1. The Morgan fingerprint density at radius 2 is 2.18 bits per heavy atom. The predicted molar refractivity (Wildman–Crippen MR) is 54.8 cm³/mol. The molecule has 0 unspecified atom stereocenters. The van der Waals surface area contributed by atoms with E-state index < -0.39 is 18.1 Å². The fourth-order valence-corrected chi connectivity index (χ4v) is 1.51. The Morgan fingerprint density at radius 1 is 1.47 bits per heavy atom. The van der Waals surface area contributed by atoms with E-state index in [-0.39, 0.29) is 12.3 Å². The van der Waals surface area contributed by atoms with Gasteiger partial charge in [0, 0.05) is 5.69 Å². The summed E-state index contributed by atoms with van der Waals surface area (Å²) in [6.07, 6.45) is -6.44. The molecule has 1 aliphatic heterocycles. The Hall–Kier alpha value is -1.92. The number of halogens is 3. The normalized spacial score (nSPS) is 18.9. The number of nitrogen functional groups attached to an aromatic ring is 1. The van der Waals surface area contributed by atoms with E-state index in [0.717, 1.165) is 0 Å². The zero-order valence-corrected chi connectivity index (χ0v) is 8.54. The van der Waals surface area contributed by atoms with Crippen molar-refractivity contribution in [1.82, 2.24) is 0 Å². The fourth-order valence-electron chi connectivity index (χ4n) is 1.51. The van der Waals surface area contributed by atoms with Gasteiger partial charge in [-0.05, 0) is 18.2 Å². The van der Waals surface area contributed by atoms with Gasteiger partial charge in [0.15, 0.2) is 6.10 Å². The lowest BCUT2D eigenvalue weighted by Gasteiger charge is -2.27. The van der Waals surface area contributed by atoms with Crippen molar-refractivity contribution < 1.29 is 22.7 Å². The van der Waals surface area contributed by atoms with E-state index >= 15 is 0 Å². The molecule has 0 saturated heterocycles. The van der Waals surface area contributed by atoms with Crippen LogP contribution >= 0.6 is 0 Å². The monoisotopic (exact) mass is 246 g/mol. The van der Waals surface area contributed by atoms with Crippen molar-refractivity contribution in [3.8, 4) is 5.75 Å². The van der Waals surface area contributed by atoms with Gasteiger partial charge in [-0.1, -0.05) is 0 Å². The number of alkyl halides is 3. The Labute approximate surface area is 94.5 Å². The van der Waals surface area contributed by atoms with Gasteiger partial charge in [0.2, 0.25) is 0 Å². The Kier molecular flexibility index (Phi) is 2.60. The number of fused-ring (bicyclic) bond motifs is 1. The Balaban J connectivity index is 2.19. The number of benzene rings is 1. The van der Waals surface area contributed by atoms with Crippen molar-refractivity contribution in [1.29, 1.82) is 0 Å². The number of ether oxygens (including phenoxy) is 1. The molecule has 0 amide bonds. The minimum atomic E-state index is -4.89. The molecule has 1 aliphatic rings. The van der Waals surface area contributed by atoms with Gasteiger partial charge < -0.3 is 15.8 Å². The molecule has 0 aromatic heterocycles. The van der Waals surface area contributed by atoms with E-state index in [1.165, 1.54) is 18.2 Å². The maximum Gasteiger partial charge on any atom is 0.454 e. The molecule has 0 fully saturated rings. The molecule has 1 atom stereocenters. The number of anilines is 2. The maximum absolute atomic E-state index is 12.2. The lowest BCUT2D eigenvalue weighted by atomic mass is 10.1. The number of rotatable bonds is 1. The highest BCUT2D eigenvalue weighted by molar-refractivity contribution is 5.90. The van der Waals surface area contributed by atoms with Crippen LogP contribution in [0.4, 0.5) is 24.5 Å². The van der Waals surface area contributed by atoms with E-state index in [2.05, 4.69) is 5.32 Å². The molecule has 0 radical (unpaired) electrons. The summed E-state index contributed by atoms with van der Waals surface area (Å²) >= 11 is 0. The van der Waals surface area contributed by atoms with E-state index in [1.807, 2.05) is 0 Å². The standard InChI is InChI=1S/C10H9F3N2O2/c11-10(12,13)9(16)8-4-15-6-3-5(14)1-2-7(6)17-8/h1-3,8,15H,4,14H2/t8-/m0/s1. The molecule has 92 valence electrons. The molecule has 2 rings (SSSR count). The van der Waals surface area contributed by atoms with Crippen LogP contribution in [0.5, 0.6) is 5.75 Å². The van der Waals surface area contributed by atoms with Crippen LogP contribution in [0.25, 0.3) is 0 Å². The summed E-state index contributed by atoms with van der Waals surface area (Å²) < 4.78 is 41.6. The summed E-state index contributed by atoms with van der Waals surface area (Å²) in [4.78, 5) is 11.0. The number of hydrogen-bond acceptors (Lipinski definition) is 4. The number of nitrogens with one attached hydrogen (secondary N) is 1. The van der Waals surface area contributed by atoms with Crippen LogP contribution in [0.2, 0.25) is 0 Å². The highest BCUT2D eigenvalue weighted by atomic mass is 19.4. The average Bonchev–Trinajstić information content (AvgIpc) is 2.26. The molecule has 0 bridgehead atoms. The second kappa shape index (κ2) is 3.83. The summed E-state index contributed by atoms with van der Waals surface area (Å²) in [6, 6.07) is 4.44. The average molecular weight is 246 g/mol. The van der Waals surface area contributed by atoms with Crippen LogP contribution in [-0.4, -0.2) is 24.6 Å². The van der Waals surface area contributed by atoms with Crippen LogP contribution in [0.1, 0.15) is 0 Å². The predicted octanol–water partition coefficient (Wildman–Crippen LogP) is 1.57. The Morgan fingerprint density at radius 3 is 2.82 bits per heavy atom. The molecule has 1 heterocycles. The van der Waals surface area contributed by atoms with Crippen molar-refractivity contribution >= 4 is 17.2 Å². The van der Waals surface area contributed by atoms with Crippen LogP contribution < -0.4 is 15.8 Å². The number of Topliss-reactive ketones (excluding diaryl/α,β-unsaturated/α-hetero) is 1. The number of hydrogen-bond donors (Lipinski definition) is 2. The van der Waals surface area contributed by atoms with Gasteiger partial charge in [-0.25, -0.2) is 0 Å². The topological polar surface area (TPSA) is 64.3 Å². The molecule has 7 heteroatoms. The molecule has 1 aromatic carbocycles. The van der Waals surface area contributed by atoms with E-state index in [4.69, 9.17) is 10.5 Å². The minimum Gasteiger partial charge on any atom is -0.478 e. The zero-order valence-electron chi connectivity index (χ0n) is 8.54. The van der Waals surface area contributed by atoms with Crippen molar-refractivity contribution in [2.24, 2.45) is 0 Å². The fraction of sp³-hybridized carbons (Fsp3) is 0.300. The first kappa shape index (κ1) is 11.6. The van der Waals surface area contributed by atoms with Crippen molar-refractivity contribution in [3.05, 3.63) is 18.2 Å². The molecule has 4 nitrogen and oxygen atoms in total. The lowest BCUT2D eigenvalue weighted by Crippen LogP contribution is -2.44. The quantitative estimate of drug-likeness (QED) is 0.738. The van der Waals surface area contributed by atoms with E-state index in [1.54, 1.807) is 0 Å². The molecule has 3 N–H and O–H groups in total. The van der Waals surface area contributed by atoms with Gasteiger partial charge in [0.1, 0.15) is 5.75 Å². The Bertz CT molecular complexity index is 459. The van der Waals surface area contributed by atoms with E-state index in [9.17, 15) is 18.0 Å². The summed E-state index contributed by atoms with van der Waals surface area (Å²) in [5.41, 5.74) is 6.44. The number of carbonyl (C=O) groups is 1. The summed E-state index contributed by atoms with van der Waals surface area (Å²) in [5.74, 6) is -1.71. The summed E-state index contributed by atoms with van der Waals surface area (Å²) in [5, 5.41) is 2.68. The first-order chi connectivity index (χ1) is 7.88. The van der Waals surface area contributed by atoms with Crippen LogP contribution in [-0.2, 0) is 4.79 Å². The number of carbonyl (C=O) groups excluding carboxylic acids is 1. The van der Waals surface area contributed by atoms with Crippen LogP contribution in [0, 0.1) is 0 Å². The number of nitrogens with two attached hydrogens (primary N) is 1. The third kappa shape index (κ3) is 2.27. The molecule has 0 saturated carbocycles. The zero-order chi connectivity index (χ0) is 12.6. The second-order valence-electron chi connectivity index (χ2n) is 3.61. The van der Waals surface area contributed by atoms with Gasteiger partial charge in [0.25, 0.3) is 5.78 Å². The SMILES string of the molecule is Nc1ccc2c(c1)NC[C@@H](C(=O)C(F)(F)F)O2. The highest BCUT2D eigenvalue weighted by Crippen LogP contribution is 2.32. The van der Waals surface area contributed by atoms with Gasteiger partial charge >= 0.3 is 6.18 Å². The van der Waals surface area contributed by atoms with Gasteiger partial charge in [-0.3, -0.25) is 4.79 Å². The van der Waals surface area contributed by atoms with Crippen molar-refractivity contribution in [2.45, 2.75) is 12.3 Å². The van der Waals surface area contributed by atoms with Crippen LogP contribution in [0.3, 0.4) is 0 Å². The highest BCUT2D eigenvalue weighted by Gasteiger charge is 2.45. The van der Waals surface area contributed by atoms with Crippen molar-refractivity contribution in [3.63, 3.8) is 0 Å². The van der Waals surface area contributed by atoms with Crippen LogP contribution in [0.15, 0.2) is 18.2 Å². The maximum atomic E-state index is 12.2. The van der Waals surface area contributed by atoms with Gasteiger partial charge in [-0.15, -0.1) is 0 Å². The smallest absolute Gasteiger partial charge is 0.454 e. The molecular weight excluding hydrogens is 237 g/mol. The first-order valence-electron chi connectivity index (χ1n) is 4.79. The van der Waals surface area contributed by atoms with Gasteiger partial charge in [-0.2, -0.15) is 13.2 Å². The van der Waals surface area contributed by atoms with Crippen molar-refractivity contribution in [2.75, 3.05) is 17.6 Å². The third-order valence-corrected chi connectivity index (χ3v) is 2.32. The minimum absolute atomic E-state index is 0.188. The molecule has 0 spiro atoms. The summed E-state index contributed by atoms with van der Waals surface area (Å²) in [6.45, 7) is -0.227. The molecular formula is C10H9F3N2O2. The van der Waals surface area contributed by atoms with E-state index in [0.29, 0.717) is 11.4 Å².